The van der Waals surface area contributed by atoms with E-state index >= 15 is 0 Å². The minimum atomic E-state index is -1.50. The molecular weight excluding hydrogens is 672 g/mol. The highest BCUT2D eigenvalue weighted by atomic mass is 16.5. The maximum atomic E-state index is 13.6. The molecule has 6 unspecified atom stereocenters. The van der Waals surface area contributed by atoms with Gasteiger partial charge in [0.2, 0.25) is 11.8 Å². The number of nitrogens with zero attached hydrogens (tertiary/aromatic N) is 1. The zero-order valence-electron chi connectivity index (χ0n) is 33.3. The third-order valence-corrected chi connectivity index (χ3v) is 11.5. The molecule has 4 rings (SSSR count). The average molecular weight is 737 g/mol. The number of ether oxygens (including phenoxy) is 2. The first-order valence-corrected chi connectivity index (χ1v) is 19.4. The quantitative estimate of drug-likeness (QED) is 0.176. The summed E-state index contributed by atoms with van der Waals surface area (Å²) in [5.74, 6) is 1.54. The summed E-state index contributed by atoms with van der Waals surface area (Å²) in [6.07, 6.45) is 2.86. The summed E-state index contributed by atoms with van der Waals surface area (Å²) in [5, 5.41) is 44.6. The number of carbonyl (C=O) groups excluding carboxylic acids is 2. The maximum Gasteiger partial charge on any atom is 0.247 e. The average Bonchev–Trinajstić information content (AvgIpc) is 3.14. The van der Waals surface area contributed by atoms with Crippen LogP contribution in [0.2, 0.25) is 0 Å². The molecule has 10 nitrogen and oxygen atoms in total. The molecule has 10 heteroatoms. The normalized spacial score (nSPS) is 23.6. The number of hydrogen-bond acceptors (Lipinski definition) is 8. The predicted molar refractivity (Wildman–Crippen MR) is 207 cm³/mol. The molecule has 6 atom stereocenters. The van der Waals surface area contributed by atoms with Gasteiger partial charge >= 0.3 is 0 Å². The van der Waals surface area contributed by atoms with Crippen molar-refractivity contribution in [2.45, 2.75) is 130 Å². The Morgan fingerprint density at radius 2 is 1.68 bits per heavy atom. The van der Waals surface area contributed by atoms with Gasteiger partial charge in [-0.2, -0.15) is 0 Å². The Bertz CT molecular complexity index is 1590. The number of aliphatic hydroxyl groups is 4. The molecule has 2 amide bonds. The van der Waals surface area contributed by atoms with Crippen LogP contribution in [-0.2, 0) is 27.2 Å². The van der Waals surface area contributed by atoms with Gasteiger partial charge in [0, 0.05) is 18.7 Å². The van der Waals surface area contributed by atoms with E-state index in [0.29, 0.717) is 29.6 Å². The monoisotopic (exact) mass is 736 g/mol. The van der Waals surface area contributed by atoms with E-state index in [4.69, 9.17) is 9.47 Å². The van der Waals surface area contributed by atoms with Crippen molar-refractivity contribution in [2.75, 3.05) is 26.8 Å². The van der Waals surface area contributed by atoms with Crippen LogP contribution in [0.25, 0.3) is 6.08 Å². The van der Waals surface area contributed by atoms with Gasteiger partial charge in [-0.15, -0.1) is 0 Å². The van der Waals surface area contributed by atoms with Gasteiger partial charge in [0.25, 0.3) is 0 Å². The molecule has 2 aliphatic rings. The lowest BCUT2D eigenvalue weighted by Crippen LogP contribution is -2.59. The predicted octanol–water partition coefficient (Wildman–Crippen LogP) is 5.28. The first-order valence-electron chi connectivity index (χ1n) is 19.4. The Balaban J connectivity index is 1.49. The van der Waals surface area contributed by atoms with Gasteiger partial charge in [0.15, 0.2) is 0 Å². The summed E-state index contributed by atoms with van der Waals surface area (Å²) in [6, 6.07) is 10.1. The van der Waals surface area contributed by atoms with E-state index in [1.807, 2.05) is 56.0 Å². The van der Waals surface area contributed by atoms with Crippen molar-refractivity contribution in [3.8, 4) is 5.75 Å². The molecule has 2 aromatic carbocycles. The summed E-state index contributed by atoms with van der Waals surface area (Å²) < 4.78 is 11.6. The first-order chi connectivity index (χ1) is 25.0. The number of benzene rings is 2. The van der Waals surface area contributed by atoms with Gasteiger partial charge in [-0.05, 0) is 112 Å². The number of carbonyl (C=O) groups is 2. The molecule has 0 spiro atoms. The van der Waals surface area contributed by atoms with E-state index in [-0.39, 0.29) is 11.8 Å². The summed E-state index contributed by atoms with van der Waals surface area (Å²) in [4.78, 5) is 29.0. The number of amides is 2. The second-order valence-electron chi connectivity index (χ2n) is 16.4. The van der Waals surface area contributed by atoms with Crippen LogP contribution >= 0.6 is 0 Å². The molecule has 2 saturated heterocycles. The molecule has 294 valence electrons. The Morgan fingerprint density at radius 1 is 1.00 bits per heavy atom. The fourth-order valence-electron chi connectivity index (χ4n) is 7.62. The number of methoxy groups -OCH3 is 1. The van der Waals surface area contributed by atoms with Gasteiger partial charge in [-0.25, -0.2) is 0 Å². The van der Waals surface area contributed by atoms with Crippen LogP contribution in [0.4, 0.5) is 0 Å². The van der Waals surface area contributed by atoms with Crippen molar-refractivity contribution in [2.24, 2.45) is 17.3 Å². The molecule has 0 saturated carbocycles. The lowest BCUT2D eigenvalue weighted by atomic mass is 9.83. The van der Waals surface area contributed by atoms with E-state index in [2.05, 4.69) is 38.2 Å². The molecule has 2 heterocycles. The second-order valence-corrected chi connectivity index (χ2v) is 16.4. The third-order valence-electron chi connectivity index (χ3n) is 11.5. The van der Waals surface area contributed by atoms with Crippen molar-refractivity contribution in [1.29, 1.82) is 0 Å². The molecule has 2 aromatic rings. The fraction of sp³-hybridized carbons (Fsp3) is 0.628. The van der Waals surface area contributed by atoms with Gasteiger partial charge in [-0.3, -0.25) is 9.59 Å². The summed E-state index contributed by atoms with van der Waals surface area (Å²) in [5.41, 5.74) is 3.84. The number of likely N-dealkylation sites (tertiary alicyclic amines) is 1. The summed E-state index contributed by atoms with van der Waals surface area (Å²) >= 11 is 0. The number of aliphatic hydroxyl groups excluding tert-OH is 4. The lowest BCUT2D eigenvalue weighted by Gasteiger charge is -2.40. The topological polar surface area (TPSA) is 149 Å². The van der Waals surface area contributed by atoms with Crippen LogP contribution in [0.3, 0.4) is 0 Å². The SMILES string of the molecule is CCCc1cc(OC)c(C2OC(CO)C(O)C(O)C2O)cc1Cc1ccc(C=CC(C)(C)C(=O)NC(C)(C)C(=O)N2CCC(C(C)CC)CC2)cc1C. The Labute approximate surface area is 316 Å². The minimum Gasteiger partial charge on any atom is -0.496 e. The van der Waals surface area contributed by atoms with E-state index in [1.54, 1.807) is 13.8 Å². The number of nitrogens with one attached hydrogen (secondary N) is 1. The molecular formula is C43H64N2O8. The van der Waals surface area contributed by atoms with Gasteiger partial charge in [-0.1, -0.05) is 64.0 Å². The van der Waals surface area contributed by atoms with Crippen LogP contribution in [0, 0.1) is 24.2 Å². The fourth-order valence-corrected chi connectivity index (χ4v) is 7.62. The molecule has 0 aromatic heterocycles. The Kier molecular flexibility index (Phi) is 14.3. The van der Waals surface area contributed by atoms with Gasteiger partial charge in [0.05, 0.1) is 19.1 Å². The van der Waals surface area contributed by atoms with E-state index in [0.717, 1.165) is 73.0 Å². The highest BCUT2D eigenvalue weighted by molar-refractivity contribution is 5.93. The zero-order valence-corrected chi connectivity index (χ0v) is 33.3. The first kappa shape index (κ1) is 42.5. The molecule has 2 fully saturated rings. The molecule has 0 radical (unpaired) electrons. The van der Waals surface area contributed by atoms with Gasteiger partial charge in [0.1, 0.15) is 41.8 Å². The smallest absolute Gasteiger partial charge is 0.247 e. The largest absolute Gasteiger partial charge is 0.496 e. The number of piperidine rings is 1. The standard InChI is InChI=1S/C43H64N2O8/c1-10-12-31-24-34(52-9)33(39-38(49)37(48)36(47)35(25-46)53-39)23-32(31)22-30-14-13-28(21-27(30)4)15-18-42(5,6)40(50)44-43(7,8)41(51)45-19-16-29(17-20-45)26(3)11-2/h13-15,18,21,23-24,26,29,35-39,46-49H,10-12,16-17,19-20,22,25H2,1-9H3,(H,44,50). The van der Waals surface area contributed by atoms with Crippen LogP contribution in [-0.4, -0.2) is 93.9 Å². The van der Waals surface area contributed by atoms with Crippen molar-refractivity contribution in [3.05, 3.63) is 69.8 Å². The Hall–Kier alpha value is -3.28. The van der Waals surface area contributed by atoms with Crippen molar-refractivity contribution >= 4 is 17.9 Å². The van der Waals surface area contributed by atoms with Crippen molar-refractivity contribution in [1.82, 2.24) is 10.2 Å². The van der Waals surface area contributed by atoms with E-state index < -0.39 is 48.1 Å². The van der Waals surface area contributed by atoms with Crippen LogP contribution in [0.5, 0.6) is 5.75 Å². The number of hydrogen-bond donors (Lipinski definition) is 5. The second kappa shape index (κ2) is 17.9. The van der Waals surface area contributed by atoms with Crippen LogP contribution < -0.4 is 10.1 Å². The molecule has 0 aliphatic carbocycles. The molecule has 0 bridgehead atoms. The number of aryl methyl sites for hydroxylation is 2. The van der Waals surface area contributed by atoms with E-state index in [1.165, 1.54) is 7.11 Å². The van der Waals surface area contributed by atoms with Crippen molar-refractivity contribution in [3.63, 3.8) is 0 Å². The highest BCUT2D eigenvalue weighted by Crippen LogP contribution is 2.39. The molecule has 2 aliphatic heterocycles. The Morgan fingerprint density at radius 3 is 2.26 bits per heavy atom. The highest BCUT2D eigenvalue weighted by Gasteiger charge is 2.45. The summed E-state index contributed by atoms with van der Waals surface area (Å²) in [6.45, 7) is 16.9. The van der Waals surface area contributed by atoms with Crippen molar-refractivity contribution < 1.29 is 39.5 Å². The summed E-state index contributed by atoms with van der Waals surface area (Å²) in [7, 11) is 1.54. The van der Waals surface area contributed by atoms with Crippen LogP contribution in [0.1, 0.15) is 114 Å². The lowest BCUT2D eigenvalue weighted by molar-refractivity contribution is -0.232. The van der Waals surface area contributed by atoms with Crippen LogP contribution in [0.15, 0.2) is 36.4 Å². The zero-order chi connectivity index (χ0) is 39.2. The van der Waals surface area contributed by atoms with Gasteiger partial charge < -0.3 is 40.1 Å². The van der Waals surface area contributed by atoms with E-state index in [9.17, 15) is 30.0 Å². The molecule has 53 heavy (non-hydrogen) atoms. The maximum absolute atomic E-state index is 13.6. The molecule has 5 N–H and O–H groups in total. The third kappa shape index (κ3) is 9.89. The number of rotatable bonds is 14. The minimum absolute atomic E-state index is 0.0429.